The number of carbonyl (C=O) groups excluding carboxylic acids is 1. The first-order valence-corrected chi connectivity index (χ1v) is 14.0. The number of aliphatic hydroxyl groups is 2. The number of methoxy groups -OCH3 is 2. The lowest BCUT2D eigenvalue weighted by atomic mass is 9.81. The van der Waals surface area contributed by atoms with E-state index in [1.807, 2.05) is 0 Å². The van der Waals surface area contributed by atoms with Gasteiger partial charge in [-0.05, 0) is 68.3 Å². The highest BCUT2D eigenvalue weighted by atomic mass is 79.9. The van der Waals surface area contributed by atoms with Crippen molar-refractivity contribution in [3.63, 3.8) is 0 Å². The summed E-state index contributed by atoms with van der Waals surface area (Å²) < 4.78 is 11.3. The summed E-state index contributed by atoms with van der Waals surface area (Å²) in [6, 6.07) is 0. The molecule has 0 atom stereocenters. The Labute approximate surface area is 248 Å². The molecule has 210 valence electrons. The quantitative estimate of drug-likeness (QED) is 0.152. The average molecular weight is 686 g/mol. The van der Waals surface area contributed by atoms with Gasteiger partial charge in [0.1, 0.15) is 11.5 Å². The van der Waals surface area contributed by atoms with Crippen LogP contribution in [0.2, 0.25) is 0 Å². The second-order valence-corrected chi connectivity index (χ2v) is 11.7. The highest BCUT2D eigenvalue weighted by Crippen LogP contribution is 2.55. The summed E-state index contributed by atoms with van der Waals surface area (Å²) in [4.78, 5) is 41.3. The van der Waals surface area contributed by atoms with Crippen molar-refractivity contribution in [3.8, 4) is 23.0 Å². The maximum absolute atomic E-state index is 14.1. The van der Waals surface area contributed by atoms with Crippen LogP contribution in [0.25, 0.3) is 48.7 Å². The number of fused-ring (bicyclic) bond motifs is 1. The van der Waals surface area contributed by atoms with Crippen molar-refractivity contribution in [1.82, 2.24) is 0 Å². The minimum absolute atomic E-state index is 0.0366. The van der Waals surface area contributed by atoms with Crippen molar-refractivity contribution < 1.29 is 34.7 Å². The van der Waals surface area contributed by atoms with E-state index in [4.69, 9.17) is 9.47 Å². The molecule has 9 nitrogen and oxygen atoms in total. The maximum atomic E-state index is 14.1. The lowest BCUT2D eigenvalue weighted by Crippen LogP contribution is -2.15. The number of ether oxygens (including phenoxy) is 2. The number of phenols is 2. The Morgan fingerprint density at radius 3 is 1.66 bits per heavy atom. The second kappa shape index (κ2) is 9.25. The van der Waals surface area contributed by atoms with Gasteiger partial charge >= 0.3 is 0 Å². The smallest absolute Gasteiger partial charge is 0.232 e. The number of halogens is 2. The van der Waals surface area contributed by atoms with Crippen molar-refractivity contribution >= 4 is 86.3 Å². The lowest BCUT2D eigenvalue weighted by Gasteiger charge is -2.25. The van der Waals surface area contributed by atoms with Gasteiger partial charge in [0.05, 0.1) is 47.2 Å². The number of rotatable bonds is 5. The van der Waals surface area contributed by atoms with Gasteiger partial charge in [-0.2, -0.15) is 0 Å². The Balaban J connectivity index is 2.25. The highest BCUT2D eigenvalue weighted by Gasteiger charge is 2.36. The van der Waals surface area contributed by atoms with E-state index in [9.17, 15) is 34.8 Å². The van der Waals surface area contributed by atoms with Crippen molar-refractivity contribution in [3.05, 3.63) is 57.2 Å². The molecule has 0 aliphatic heterocycles. The van der Waals surface area contributed by atoms with Crippen LogP contribution in [-0.2, 0) is 24.4 Å². The first-order valence-electron chi connectivity index (χ1n) is 12.5. The van der Waals surface area contributed by atoms with Crippen LogP contribution >= 0.6 is 31.9 Å². The molecule has 4 N–H and O–H groups in total. The van der Waals surface area contributed by atoms with Crippen LogP contribution in [0.15, 0.2) is 24.1 Å². The van der Waals surface area contributed by atoms with Crippen molar-refractivity contribution in [2.75, 3.05) is 14.2 Å². The monoisotopic (exact) mass is 684 g/mol. The third kappa shape index (κ3) is 3.20. The first-order chi connectivity index (χ1) is 19.5. The summed E-state index contributed by atoms with van der Waals surface area (Å²) in [7, 11) is 2.62. The fourth-order valence-electron chi connectivity index (χ4n) is 6.67. The Kier molecular flexibility index (Phi) is 6.24. The zero-order chi connectivity index (χ0) is 29.8. The van der Waals surface area contributed by atoms with Gasteiger partial charge in [0.25, 0.3) is 0 Å². The van der Waals surface area contributed by atoms with E-state index in [2.05, 4.69) is 31.9 Å². The lowest BCUT2D eigenvalue weighted by molar-refractivity contribution is -0.111. The molecule has 1 aliphatic carbocycles. The van der Waals surface area contributed by atoms with Gasteiger partial charge in [-0.25, -0.2) is 0 Å². The molecule has 0 spiro atoms. The first kappa shape index (κ1) is 27.6. The van der Waals surface area contributed by atoms with Crippen molar-refractivity contribution in [1.29, 1.82) is 0 Å². The summed E-state index contributed by atoms with van der Waals surface area (Å²) >= 11 is 6.68. The number of hydrogen-bond donors (Lipinski definition) is 4. The number of aliphatic hydroxyl groups excluding tert-OH is 2. The van der Waals surface area contributed by atoms with Crippen LogP contribution in [0.3, 0.4) is 0 Å². The normalized spacial score (nSPS) is 13.4. The van der Waals surface area contributed by atoms with Gasteiger partial charge in [-0.3, -0.25) is 14.4 Å². The summed E-state index contributed by atoms with van der Waals surface area (Å²) in [6.45, 7) is 1.90. The summed E-state index contributed by atoms with van der Waals surface area (Å²) in [5.41, 5.74) is 0.433. The Bertz CT molecular complexity index is 2180. The maximum Gasteiger partial charge on any atom is 0.232 e. The van der Waals surface area contributed by atoms with Crippen molar-refractivity contribution in [2.45, 2.75) is 33.5 Å². The van der Waals surface area contributed by atoms with E-state index in [0.717, 1.165) is 0 Å². The van der Waals surface area contributed by atoms with E-state index < -0.39 is 35.6 Å². The molecule has 0 aromatic heterocycles. The largest absolute Gasteiger partial charge is 0.506 e. The van der Waals surface area contributed by atoms with Crippen molar-refractivity contribution in [2.24, 2.45) is 0 Å². The van der Waals surface area contributed by atoms with Crippen LogP contribution in [0.4, 0.5) is 0 Å². The minimum atomic E-state index is -0.685. The van der Waals surface area contributed by atoms with E-state index >= 15 is 0 Å². The summed E-state index contributed by atoms with van der Waals surface area (Å²) in [5, 5.41) is 45.4. The van der Waals surface area contributed by atoms with Crippen LogP contribution in [0.1, 0.15) is 36.1 Å². The topological polar surface area (TPSA) is 151 Å². The summed E-state index contributed by atoms with van der Waals surface area (Å²) in [6.07, 6.45) is 0.0849. The number of hydrogen-bond acceptors (Lipinski definition) is 9. The van der Waals surface area contributed by atoms with Gasteiger partial charge < -0.3 is 29.9 Å². The molecule has 11 heteroatoms. The molecule has 0 bridgehead atoms. The zero-order valence-electron chi connectivity index (χ0n) is 22.2. The predicted molar refractivity (Wildman–Crippen MR) is 162 cm³/mol. The second-order valence-electron chi connectivity index (χ2n) is 10.1. The number of phenolic OH excluding ortho intramolecular Hbond substituents is 2. The Morgan fingerprint density at radius 2 is 1.22 bits per heavy atom. The van der Waals surface area contributed by atoms with Gasteiger partial charge in [0, 0.05) is 44.0 Å². The number of benzene rings is 5. The van der Waals surface area contributed by atoms with Gasteiger partial charge in [0.15, 0.2) is 17.3 Å². The fourth-order valence-corrected chi connectivity index (χ4v) is 7.72. The molecule has 0 saturated heterocycles. The van der Waals surface area contributed by atoms with E-state index in [1.165, 1.54) is 21.1 Å². The van der Waals surface area contributed by atoms with Crippen LogP contribution in [-0.4, -0.2) is 40.4 Å². The fraction of sp³-hybridized carbons (Fsp3) is 0.233. The van der Waals surface area contributed by atoms with Gasteiger partial charge in [0.2, 0.25) is 10.9 Å². The van der Waals surface area contributed by atoms with E-state index in [1.54, 1.807) is 6.92 Å². The molecule has 1 aliphatic rings. The van der Waals surface area contributed by atoms with Crippen LogP contribution in [0, 0.1) is 0 Å². The van der Waals surface area contributed by atoms with Gasteiger partial charge in [-0.1, -0.05) is 5.57 Å². The molecule has 0 fully saturated rings. The third-order valence-corrected chi connectivity index (χ3v) is 9.85. The molecule has 0 unspecified atom stereocenters. The SMILES string of the molecule is COc1c2c3c4c(c(OC)c(=O)c5c(O)c(Br)c(CO)c(c6c(CO)c(Br)c(O)c(c1=O)c63)c54)C(C(C)=O)=C(C)C2. The highest BCUT2D eigenvalue weighted by molar-refractivity contribution is 9.11. The molecular formula is C30H22Br2O9. The van der Waals surface area contributed by atoms with E-state index in [0.29, 0.717) is 27.3 Å². The Morgan fingerprint density at radius 1 is 0.756 bits per heavy atom. The predicted octanol–water partition coefficient (Wildman–Crippen LogP) is 4.75. The molecule has 0 heterocycles. The minimum Gasteiger partial charge on any atom is -0.506 e. The van der Waals surface area contributed by atoms with Gasteiger partial charge in [-0.15, -0.1) is 0 Å². The number of Topliss-reactive ketones (excluding diaryl/α,β-unsaturated/α-hetero) is 1. The molecule has 0 amide bonds. The molecular weight excluding hydrogens is 664 g/mol. The zero-order valence-corrected chi connectivity index (χ0v) is 25.4. The van der Waals surface area contributed by atoms with E-state index in [-0.39, 0.29) is 81.8 Å². The number of aromatic hydroxyl groups is 2. The Hall–Kier alpha value is -3.51. The molecule has 5 aromatic rings. The third-order valence-electron chi connectivity index (χ3n) is 8.14. The molecule has 0 radical (unpaired) electrons. The number of ketones is 1. The standard InChI is InChI=1S/C30H22Br2O9/c1-8-5-10-14-17-15(11(6-33)23(31)25(36)21(17)27(38)29(10)40-3)16-12(7-34)24(32)26(37)22-19(16)18(14)20(13(8)9(2)35)30(41-4)28(22)39/h33-34,36-37H,5-7H2,1-4H3. The molecule has 6 rings (SSSR count). The van der Waals surface area contributed by atoms with Crippen LogP contribution in [0.5, 0.6) is 23.0 Å². The molecule has 0 saturated carbocycles. The number of carbonyl (C=O) groups is 1. The van der Waals surface area contributed by atoms with Crippen LogP contribution < -0.4 is 20.3 Å². The summed E-state index contributed by atoms with van der Waals surface area (Å²) in [5.74, 6) is -1.45. The molecule has 5 aromatic carbocycles. The number of allylic oxidation sites excluding steroid dienone is 2. The molecule has 41 heavy (non-hydrogen) atoms. The average Bonchev–Trinajstić information content (AvgIpc) is 3.06.